The van der Waals surface area contributed by atoms with Gasteiger partial charge in [-0.25, -0.2) is 8.42 Å². The summed E-state index contributed by atoms with van der Waals surface area (Å²) < 4.78 is 28.6. The molecule has 0 bridgehead atoms. The lowest BCUT2D eigenvalue weighted by Gasteiger charge is -2.32. The number of hydrogen-bond acceptors (Lipinski definition) is 4. The van der Waals surface area contributed by atoms with Crippen molar-refractivity contribution in [1.29, 1.82) is 0 Å². The third-order valence-electron chi connectivity index (χ3n) is 5.97. The normalized spacial score (nSPS) is 12.0. The van der Waals surface area contributed by atoms with Crippen molar-refractivity contribution < 1.29 is 18.0 Å². The van der Waals surface area contributed by atoms with Gasteiger partial charge in [-0.3, -0.25) is 13.9 Å². The lowest BCUT2D eigenvalue weighted by molar-refractivity contribution is -0.138. The molecule has 0 fully saturated rings. The lowest BCUT2D eigenvalue weighted by atomic mass is 10.1. The molecule has 0 aliphatic heterocycles. The van der Waals surface area contributed by atoms with Crippen LogP contribution >= 0.6 is 11.6 Å². The number of amides is 2. The van der Waals surface area contributed by atoms with E-state index in [4.69, 9.17) is 11.6 Å². The van der Waals surface area contributed by atoms with Crippen molar-refractivity contribution in [2.75, 3.05) is 23.9 Å². The molecule has 1 atom stereocenters. The summed E-state index contributed by atoms with van der Waals surface area (Å²) in [6, 6.07) is 21.6. The average Bonchev–Trinajstić information content (AvgIpc) is 2.88. The number of halogens is 1. The molecule has 0 aliphatic carbocycles. The molecule has 3 rings (SSSR count). The smallest absolute Gasteiger partial charge is 0.264 e. The Bertz CT molecular complexity index is 1310. The molecule has 1 N–H and O–H groups in total. The van der Waals surface area contributed by atoms with E-state index in [0.717, 1.165) is 15.4 Å². The molecule has 0 aromatic heterocycles. The van der Waals surface area contributed by atoms with Crippen LogP contribution < -0.4 is 9.62 Å². The summed E-state index contributed by atoms with van der Waals surface area (Å²) in [7, 11) is -4.11. The highest BCUT2D eigenvalue weighted by atomic mass is 35.5. The molecule has 0 aliphatic rings. The van der Waals surface area contributed by atoms with Crippen LogP contribution in [0.15, 0.2) is 83.8 Å². The lowest BCUT2D eigenvalue weighted by Crippen LogP contribution is -2.52. The number of rotatable bonds is 11. The van der Waals surface area contributed by atoms with E-state index in [1.807, 2.05) is 43.3 Å². The molecule has 0 saturated heterocycles. The Morgan fingerprint density at radius 2 is 1.65 bits per heavy atom. The van der Waals surface area contributed by atoms with E-state index in [1.165, 1.54) is 29.2 Å². The van der Waals surface area contributed by atoms with E-state index in [-0.39, 0.29) is 17.3 Å². The highest BCUT2D eigenvalue weighted by molar-refractivity contribution is 7.92. The molecule has 3 aromatic rings. The van der Waals surface area contributed by atoms with Gasteiger partial charge in [0.05, 0.1) is 10.6 Å². The molecule has 9 heteroatoms. The standard InChI is InChI=1S/C28H32ClN3O4S/c1-4-30-28(34)22(3)31(18-17-23-10-6-5-7-11-23)27(33)20-32(25-12-8-9-21(2)19-25)37(35,36)26-15-13-24(29)14-16-26/h5-16,19,22H,4,17-18,20H2,1-3H3,(H,30,34). The highest BCUT2D eigenvalue weighted by Gasteiger charge is 2.32. The Hall–Kier alpha value is -3.36. The number of sulfonamides is 1. The van der Waals surface area contributed by atoms with E-state index >= 15 is 0 Å². The summed E-state index contributed by atoms with van der Waals surface area (Å²) in [5.41, 5.74) is 2.21. The summed E-state index contributed by atoms with van der Waals surface area (Å²) in [5.74, 6) is -0.777. The van der Waals surface area contributed by atoms with Crippen molar-refractivity contribution in [2.24, 2.45) is 0 Å². The van der Waals surface area contributed by atoms with Crippen LogP contribution in [0.2, 0.25) is 5.02 Å². The monoisotopic (exact) mass is 541 g/mol. The van der Waals surface area contributed by atoms with E-state index < -0.39 is 28.5 Å². The fraction of sp³-hybridized carbons (Fsp3) is 0.286. The van der Waals surface area contributed by atoms with Gasteiger partial charge in [-0.1, -0.05) is 54.1 Å². The molecule has 2 amide bonds. The third kappa shape index (κ3) is 7.33. The Kier molecular flexibility index (Phi) is 9.72. The maximum absolute atomic E-state index is 13.7. The minimum absolute atomic E-state index is 0.0128. The molecule has 3 aromatic carbocycles. The second kappa shape index (κ2) is 12.7. The van der Waals surface area contributed by atoms with Gasteiger partial charge in [0.2, 0.25) is 11.8 Å². The van der Waals surface area contributed by atoms with Crippen LogP contribution in [0.4, 0.5) is 5.69 Å². The number of carbonyl (C=O) groups is 2. The summed E-state index contributed by atoms with van der Waals surface area (Å²) in [6.07, 6.45) is 0.519. The second-order valence-electron chi connectivity index (χ2n) is 8.70. The molecule has 0 spiro atoms. The Labute approximate surface area is 224 Å². The van der Waals surface area contributed by atoms with Crippen LogP contribution in [-0.2, 0) is 26.0 Å². The second-order valence-corrected chi connectivity index (χ2v) is 11.0. The zero-order valence-corrected chi connectivity index (χ0v) is 22.8. The van der Waals surface area contributed by atoms with Gasteiger partial charge in [0.1, 0.15) is 12.6 Å². The van der Waals surface area contributed by atoms with Crippen LogP contribution in [0, 0.1) is 6.92 Å². The molecule has 0 heterocycles. The van der Waals surface area contributed by atoms with Gasteiger partial charge >= 0.3 is 0 Å². The molecule has 7 nitrogen and oxygen atoms in total. The highest BCUT2D eigenvalue weighted by Crippen LogP contribution is 2.26. The van der Waals surface area contributed by atoms with Gasteiger partial charge < -0.3 is 10.2 Å². The minimum Gasteiger partial charge on any atom is -0.355 e. The van der Waals surface area contributed by atoms with Crippen molar-refractivity contribution in [2.45, 2.75) is 38.1 Å². The van der Waals surface area contributed by atoms with Gasteiger partial charge in [0.15, 0.2) is 0 Å². The largest absolute Gasteiger partial charge is 0.355 e. The van der Waals surface area contributed by atoms with Gasteiger partial charge in [0.25, 0.3) is 10.0 Å². The number of hydrogen-bond donors (Lipinski definition) is 1. The number of likely N-dealkylation sites (N-methyl/N-ethyl adjacent to an activating group) is 1. The van der Waals surface area contributed by atoms with Crippen molar-refractivity contribution in [3.8, 4) is 0 Å². The zero-order chi connectivity index (χ0) is 27.0. The molecular formula is C28H32ClN3O4S. The van der Waals surface area contributed by atoms with E-state index in [9.17, 15) is 18.0 Å². The van der Waals surface area contributed by atoms with E-state index in [0.29, 0.717) is 23.7 Å². The topological polar surface area (TPSA) is 86.8 Å². The maximum Gasteiger partial charge on any atom is 0.264 e. The number of benzene rings is 3. The van der Waals surface area contributed by atoms with Crippen LogP contribution in [0.3, 0.4) is 0 Å². The minimum atomic E-state index is -4.11. The van der Waals surface area contributed by atoms with Gasteiger partial charge in [0, 0.05) is 18.1 Å². The number of nitrogens with zero attached hydrogens (tertiary/aromatic N) is 2. The SMILES string of the molecule is CCNC(=O)C(C)N(CCc1ccccc1)C(=O)CN(c1cccc(C)c1)S(=O)(=O)c1ccc(Cl)cc1. The molecule has 196 valence electrons. The Balaban J connectivity index is 1.97. The number of anilines is 1. The quantitative estimate of drug-likeness (QED) is 0.389. The third-order valence-corrected chi connectivity index (χ3v) is 8.01. The van der Waals surface area contributed by atoms with Crippen LogP contribution in [0.1, 0.15) is 25.0 Å². The Morgan fingerprint density at radius 1 is 0.973 bits per heavy atom. The Morgan fingerprint density at radius 3 is 2.27 bits per heavy atom. The molecule has 1 unspecified atom stereocenters. The van der Waals surface area contributed by atoms with Gasteiger partial charge in [-0.15, -0.1) is 0 Å². The van der Waals surface area contributed by atoms with Crippen molar-refractivity contribution >= 4 is 39.1 Å². The number of aryl methyl sites for hydroxylation is 1. The first-order valence-electron chi connectivity index (χ1n) is 12.1. The summed E-state index contributed by atoms with van der Waals surface area (Å²) in [4.78, 5) is 27.9. The predicted molar refractivity (Wildman–Crippen MR) is 147 cm³/mol. The predicted octanol–water partition coefficient (Wildman–Crippen LogP) is 4.44. The van der Waals surface area contributed by atoms with E-state index in [2.05, 4.69) is 5.32 Å². The summed E-state index contributed by atoms with van der Waals surface area (Å²) >= 11 is 5.97. The fourth-order valence-corrected chi connectivity index (χ4v) is 5.47. The zero-order valence-electron chi connectivity index (χ0n) is 21.2. The molecule has 37 heavy (non-hydrogen) atoms. The molecule has 0 radical (unpaired) electrons. The van der Waals surface area contributed by atoms with Crippen LogP contribution in [0.25, 0.3) is 0 Å². The van der Waals surface area contributed by atoms with Crippen molar-refractivity contribution in [3.05, 3.63) is 95.0 Å². The first kappa shape index (κ1) is 28.2. The fourth-order valence-electron chi connectivity index (χ4n) is 3.94. The molecular weight excluding hydrogens is 510 g/mol. The number of carbonyl (C=O) groups excluding carboxylic acids is 2. The molecule has 0 saturated carbocycles. The van der Waals surface area contributed by atoms with E-state index in [1.54, 1.807) is 32.0 Å². The first-order chi connectivity index (χ1) is 17.6. The van der Waals surface area contributed by atoms with Gasteiger partial charge in [-0.2, -0.15) is 0 Å². The number of nitrogens with one attached hydrogen (secondary N) is 1. The first-order valence-corrected chi connectivity index (χ1v) is 13.9. The van der Waals surface area contributed by atoms with Gasteiger partial charge in [-0.05, 0) is 74.7 Å². The van der Waals surface area contributed by atoms with Crippen molar-refractivity contribution in [3.63, 3.8) is 0 Å². The van der Waals surface area contributed by atoms with Crippen LogP contribution in [0.5, 0.6) is 0 Å². The summed E-state index contributed by atoms with van der Waals surface area (Å²) in [5, 5.41) is 3.16. The van der Waals surface area contributed by atoms with Crippen molar-refractivity contribution in [1.82, 2.24) is 10.2 Å². The summed E-state index contributed by atoms with van der Waals surface area (Å²) in [6.45, 7) is 5.51. The maximum atomic E-state index is 13.7. The average molecular weight is 542 g/mol. The van der Waals surface area contributed by atoms with Crippen LogP contribution in [-0.4, -0.2) is 50.8 Å².